The first kappa shape index (κ1) is 29.4. The smallest absolute Gasteiger partial charge is 0.870 e. The standard InChI is InChI=1S/C20H16N5O9S2.Cu/c21-15-9-13(36(32,33)34)10-17(18(15)26)23-25-19(11-4-2-1-3-5-11)24-22-16-7-6-12(35(29,30)31)8-14(16)20(27)28;/h1-10,26H,21H2,(H,27,28)(H,29,30,31)(H,32,33,34);/q-1;+2/p-1. The average Bonchev–Trinajstić information content (AvgIpc) is 2.80. The van der Waals surface area contributed by atoms with E-state index in [-0.39, 0.29) is 32.7 Å². The largest absolute Gasteiger partial charge is 2.00 e. The van der Waals surface area contributed by atoms with Crippen molar-refractivity contribution >= 4 is 43.3 Å². The maximum Gasteiger partial charge on any atom is 2.00 e. The Balaban J connectivity index is 0. The zero-order chi connectivity index (χ0) is 26.7. The number of azo groups is 2. The van der Waals surface area contributed by atoms with Crippen molar-refractivity contribution in [3.05, 3.63) is 78.0 Å². The molecule has 1 aliphatic rings. The third-order valence-corrected chi connectivity index (χ3v) is 6.02. The minimum atomic E-state index is -4.97. The number of carboxylic acid groups (broad SMARTS) is 1. The number of carbonyl (C=O) groups excluding carboxylic acids is 1. The van der Waals surface area contributed by atoms with Crippen molar-refractivity contribution in [3.8, 4) is 5.75 Å². The minimum absolute atomic E-state index is 0. The van der Waals surface area contributed by atoms with E-state index in [0.29, 0.717) is 18.2 Å². The van der Waals surface area contributed by atoms with Crippen LogP contribution in [0, 0.1) is 6.42 Å². The minimum Gasteiger partial charge on any atom is -0.870 e. The summed E-state index contributed by atoms with van der Waals surface area (Å²) in [5.41, 5.74) is 3.38. The van der Waals surface area contributed by atoms with Crippen LogP contribution in [-0.4, -0.2) is 31.9 Å². The molecule has 1 radical (unpaired) electrons. The molecule has 17 heteroatoms. The van der Waals surface area contributed by atoms with Crippen LogP contribution in [0.25, 0.3) is 0 Å². The van der Waals surface area contributed by atoms with E-state index in [1.54, 1.807) is 18.2 Å². The molecule has 37 heavy (non-hydrogen) atoms. The van der Waals surface area contributed by atoms with E-state index in [0.717, 1.165) is 12.1 Å². The van der Waals surface area contributed by atoms with E-state index in [1.165, 1.54) is 12.5 Å². The van der Waals surface area contributed by atoms with E-state index in [1.807, 2.05) is 0 Å². The predicted molar refractivity (Wildman–Crippen MR) is 119 cm³/mol. The third-order valence-electron chi connectivity index (χ3n) is 4.37. The fourth-order valence-electron chi connectivity index (χ4n) is 2.67. The Morgan fingerprint density at radius 1 is 0.919 bits per heavy atom. The second-order valence-corrected chi connectivity index (χ2v) is 9.58. The molecule has 0 heterocycles. The molecule has 14 nitrogen and oxygen atoms in total. The Kier molecular flexibility index (Phi) is 9.10. The fraction of sp³-hybridized carbons (Fsp3) is 0. The molecule has 2 aromatic rings. The maximum absolute atomic E-state index is 12.2. The van der Waals surface area contributed by atoms with Crippen LogP contribution < -0.4 is 15.9 Å². The van der Waals surface area contributed by atoms with Crippen LogP contribution in [0.15, 0.2) is 96.3 Å². The molecule has 0 saturated carbocycles. The van der Waals surface area contributed by atoms with E-state index in [2.05, 4.69) is 20.5 Å². The summed E-state index contributed by atoms with van der Waals surface area (Å²) < 4.78 is 67.5. The maximum atomic E-state index is 12.2. The molecule has 2 N–H and O–H groups in total. The number of anilines is 1. The van der Waals surface area contributed by atoms with Gasteiger partial charge in [-0.2, -0.15) is 20.5 Å². The van der Waals surface area contributed by atoms with E-state index >= 15 is 0 Å². The summed E-state index contributed by atoms with van der Waals surface area (Å²) in [5.74, 6) is -3.09. The number of nitrogen functional groups attached to an aromatic ring is 1. The molecule has 0 saturated heterocycles. The Labute approximate surface area is 225 Å². The first-order chi connectivity index (χ1) is 16.8. The second-order valence-electron chi connectivity index (χ2n) is 6.83. The molecule has 3 rings (SSSR count). The number of benzene rings is 2. The summed E-state index contributed by atoms with van der Waals surface area (Å²) in [6.45, 7) is 0. The van der Waals surface area contributed by atoms with Crippen molar-refractivity contribution in [3.63, 3.8) is 0 Å². The summed E-state index contributed by atoms with van der Waals surface area (Å²) in [5, 5.41) is 38.5. The Bertz CT molecular complexity index is 1630. The Morgan fingerprint density at radius 2 is 1.54 bits per heavy atom. The molecule has 0 aromatic heterocycles. The van der Waals surface area contributed by atoms with Crippen molar-refractivity contribution in [1.82, 2.24) is 0 Å². The van der Waals surface area contributed by atoms with Crippen molar-refractivity contribution in [2.24, 2.45) is 20.5 Å². The molecule has 0 spiro atoms. The van der Waals surface area contributed by atoms with Gasteiger partial charge < -0.3 is 29.8 Å². The topological polar surface area (TPSA) is 253 Å². The molecule has 0 aliphatic heterocycles. The number of rotatable bonds is 7. The molecule has 2 aromatic carbocycles. The number of hydrogen-bond acceptors (Lipinski definition) is 14. The molecule has 0 amide bonds. The van der Waals surface area contributed by atoms with Gasteiger partial charge in [-0.3, -0.25) is 0 Å². The monoisotopic (exact) mass is 596 g/mol. The number of carbonyl (C=O) groups is 1. The summed E-state index contributed by atoms with van der Waals surface area (Å²) in [6, 6.07) is 3.61. The summed E-state index contributed by atoms with van der Waals surface area (Å²) in [6.07, 6.45) is 7.77. The van der Waals surface area contributed by atoms with Gasteiger partial charge in [0.15, 0.2) is 0 Å². The number of nitrogens with zero attached hydrogens (tertiary/aromatic N) is 4. The van der Waals surface area contributed by atoms with Crippen LogP contribution in [0.5, 0.6) is 5.75 Å². The first-order valence-corrected chi connectivity index (χ1v) is 12.2. The van der Waals surface area contributed by atoms with Crippen LogP contribution in [-0.2, 0) is 37.3 Å². The fourth-order valence-corrected chi connectivity index (χ4v) is 3.70. The molecule has 0 unspecified atom stereocenters. The zero-order valence-electron chi connectivity index (χ0n) is 20.9. The van der Waals surface area contributed by atoms with Crippen LogP contribution in [0.3, 0.4) is 0 Å². The third kappa shape index (κ3) is 7.32. The van der Waals surface area contributed by atoms with Crippen LogP contribution >= 0.6 is 0 Å². The molecule has 0 fully saturated rings. The van der Waals surface area contributed by atoms with Gasteiger partial charge in [-0.1, -0.05) is 5.75 Å². The molecule has 1 aliphatic carbocycles. The van der Waals surface area contributed by atoms with E-state index in [9.17, 15) is 40.9 Å². The zero-order valence-corrected chi connectivity index (χ0v) is 20.5. The molecule has 0 atom stereocenters. The first-order valence-electron chi connectivity index (χ1n) is 9.41. The van der Waals surface area contributed by atoms with Crippen molar-refractivity contribution in [1.29, 1.82) is 0 Å². The normalized spacial score (nSPS) is 15.0. The quantitative estimate of drug-likeness (QED) is 0.157. The van der Waals surface area contributed by atoms with Gasteiger partial charge in [0.2, 0.25) is 0 Å². The van der Waals surface area contributed by atoms with Crippen molar-refractivity contribution < 1.29 is 62.3 Å². The van der Waals surface area contributed by atoms with Gasteiger partial charge in [-0.15, -0.1) is 36.3 Å². The molecular formula is C20H15CuN5O9S2. The number of aromatic carboxylic acids is 1. The Hall–Kier alpha value is -3.86. The number of hydrogen-bond donors (Lipinski definition) is 1. The Morgan fingerprint density at radius 3 is 2.08 bits per heavy atom. The number of nitrogens with two attached hydrogens (primary N) is 1. The van der Waals surface area contributed by atoms with Gasteiger partial charge in [0.25, 0.3) is 0 Å². The van der Waals surface area contributed by atoms with Gasteiger partial charge in [0, 0.05) is 11.3 Å². The predicted octanol–water partition coefficient (Wildman–Crippen LogP) is 1.26. The van der Waals surface area contributed by atoms with Crippen molar-refractivity contribution in [2.75, 3.05) is 5.73 Å². The molecule has 0 bridgehead atoms. The van der Waals surface area contributed by atoms with Gasteiger partial charge in [-0.05, 0) is 30.3 Å². The van der Waals surface area contributed by atoms with Crippen LogP contribution in [0.1, 0.15) is 14.6 Å². The summed E-state index contributed by atoms with van der Waals surface area (Å²) in [7, 11) is -9.94. The number of carboxylic acids is 1. The van der Waals surface area contributed by atoms with E-state index < -0.39 is 64.4 Å². The SMILES string of the molecule is Nc1cc(S(=O)(=O)[O-])cc(N=N/C(N=Nc2ccc(S(=O)(=O)[O-])cc2C(=O)[O-])=C2\C=CC=C[CH-]2)c1[O-].[Cu+2].[H+].[H+].[H+]. The van der Waals surface area contributed by atoms with Crippen molar-refractivity contribution in [2.45, 2.75) is 9.79 Å². The molecule has 197 valence electrons. The van der Waals surface area contributed by atoms with Crippen LogP contribution in [0.2, 0.25) is 0 Å². The number of allylic oxidation sites excluding steroid dienone is 5. The van der Waals surface area contributed by atoms with Gasteiger partial charge in [0.05, 0.1) is 27.1 Å². The van der Waals surface area contributed by atoms with Gasteiger partial charge >= 0.3 is 21.3 Å². The summed E-state index contributed by atoms with van der Waals surface area (Å²) >= 11 is 0. The summed E-state index contributed by atoms with van der Waals surface area (Å²) in [4.78, 5) is 9.78. The molecular weight excluding hydrogens is 582 g/mol. The van der Waals surface area contributed by atoms with Gasteiger partial charge in [-0.25, -0.2) is 16.8 Å². The van der Waals surface area contributed by atoms with Gasteiger partial charge in [0.1, 0.15) is 26.1 Å². The van der Waals surface area contributed by atoms with E-state index in [4.69, 9.17) is 5.73 Å². The average molecular weight is 597 g/mol. The van der Waals surface area contributed by atoms with Crippen LogP contribution in [0.4, 0.5) is 17.1 Å². The second kappa shape index (κ2) is 11.5.